The molecule has 37 heavy (non-hydrogen) atoms. The molecule has 0 radical (unpaired) electrons. The van der Waals surface area contributed by atoms with Gasteiger partial charge in [0.25, 0.3) is 5.56 Å². The molecule has 1 heterocycles. The lowest BCUT2D eigenvalue weighted by molar-refractivity contribution is -0.150. The Labute approximate surface area is 232 Å². The van der Waals surface area contributed by atoms with Crippen molar-refractivity contribution >= 4 is 54.9 Å². The van der Waals surface area contributed by atoms with E-state index < -0.39 is 12.1 Å². The van der Waals surface area contributed by atoms with Crippen LogP contribution >= 0.6 is 31.9 Å². The van der Waals surface area contributed by atoms with Gasteiger partial charge in [0.2, 0.25) is 0 Å². The van der Waals surface area contributed by atoms with Crippen molar-refractivity contribution in [1.29, 1.82) is 0 Å². The van der Waals surface area contributed by atoms with Crippen molar-refractivity contribution in [2.75, 3.05) is 13.7 Å². The van der Waals surface area contributed by atoms with E-state index in [4.69, 9.17) is 19.2 Å². The van der Waals surface area contributed by atoms with Crippen LogP contribution in [0.15, 0.2) is 49.2 Å². The number of benzene rings is 2. The summed E-state index contributed by atoms with van der Waals surface area (Å²) in [6, 6.07) is 8.96. The molecule has 1 aromatic heterocycles. The van der Waals surface area contributed by atoms with Crippen LogP contribution in [0.3, 0.4) is 0 Å². The second kappa shape index (κ2) is 12.2. The van der Waals surface area contributed by atoms with E-state index in [2.05, 4.69) is 37.0 Å². The van der Waals surface area contributed by atoms with Gasteiger partial charge in [-0.2, -0.15) is 9.78 Å². The van der Waals surface area contributed by atoms with Crippen molar-refractivity contribution in [3.8, 4) is 11.5 Å². The summed E-state index contributed by atoms with van der Waals surface area (Å²) >= 11 is 7.01. The number of halogens is 2. The van der Waals surface area contributed by atoms with Crippen LogP contribution in [0.4, 0.5) is 0 Å². The van der Waals surface area contributed by atoms with Crippen molar-refractivity contribution in [3.63, 3.8) is 0 Å². The normalized spacial score (nSPS) is 15.2. The van der Waals surface area contributed by atoms with E-state index in [1.54, 1.807) is 38.3 Å². The minimum Gasteiger partial charge on any atom is -0.493 e. The summed E-state index contributed by atoms with van der Waals surface area (Å²) < 4.78 is 19.2. The molecule has 2 aromatic carbocycles. The Morgan fingerprint density at radius 1 is 1.19 bits per heavy atom. The number of nitrogens with zero attached hydrogens (tertiary/aromatic N) is 3. The molecule has 0 bridgehead atoms. The fraction of sp³-hybridized carbons (Fsp3) is 0.407. The van der Waals surface area contributed by atoms with Gasteiger partial charge in [-0.3, -0.25) is 4.79 Å². The number of hydrogen-bond donors (Lipinski definition) is 0. The Balaban J connectivity index is 1.73. The quantitative estimate of drug-likeness (QED) is 0.217. The molecule has 0 aliphatic heterocycles. The lowest BCUT2D eigenvalue weighted by atomic mass is 9.88. The first-order chi connectivity index (χ1) is 17.8. The average Bonchev–Trinajstić information content (AvgIpc) is 2.90. The van der Waals surface area contributed by atoms with Crippen LogP contribution in [-0.4, -0.2) is 41.7 Å². The molecular weight excluding hydrogens is 606 g/mol. The third-order valence-electron chi connectivity index (χ3n) is 6.32. The van der Waals surface area contributed by atoms with E-state index in [1.807, 2.05) is 12.1 Å². The van der Waals surface area contributed by atoms with Gasteiger partial charge in [0.05, 0.1) is 30.8 Å². The number of rotatable bonds is 8. The lowest BCUT2D eigenvalue weighted by Gasteiger charge is -2.22. The molecule has 0 unspecified atom stereocenters. The number of aromatic nitrogens is 2. The van der Waals surface area contributed by atoms with Crippen molar-refractivity contribution in [1.82, 2.24) is 9.66 Å². The zero-order valence-corrected chi connectivity index (χ0v) is 24.2. The van der Waals surface area contributed by atoms with Crippen molar-refractivity contribution in [2.45, 2.75) is 58.0 Å². The maximum absolute atomic E-state index is 13.6. The van der Waals surface area contributed by atoms with Crippen LogP contribution < -0.4 is 15.0 Å². The van der Waals surface area contributed by atoms with Crippen LogP contribution in [0.1, 0.15) is 63.3 Å². The van der Waals surface area contributed by atoms with Gasteiger partial charge in [-0.15, -0.1) is 0 Å². The summed E-state index contributed by atoms with van der Waals surface area (Å²) in [5.74, 6) is 1.19. The molecule has 0 amide bonds. The number of fused-ring (bicyclic) bond motifs is 1. The first kappa shape index (κ1) is 27.3. The zero-order valence-electron chi connectivity index (χ0n) is 21.0. The summed E-state index contributed by atoms with van der Waals surface area (Å²) in [6.45, 7) is 3.63. The number of ether oxygens (including phenoxy) is 3. The number of hydrogen-bond acceptors (Lipinski definition) is 7. The summed E-state index contributed by atoms with van der Waals surface area (Å²) in [5, 5.41) is 5.11. The van der Waals surface area contributed by atoms with Crippen molar-refractivity contribution in [2.24, 2.45) is 5.10 Å². The van der Waals surface area contributed by atoms with E-state index in [0.29, 0.717) is 38.3 Å². The molecule has 1 atom stereocenters. The average molecular weight is 635 g/mol. The van der Waals surface area contributed by atoms with Gasteiger partial charge in [0, 0.05) is 20.4 Å². The minimum atomic E-state index is -0.806. The monoisotopic (exact) mass is 633 g/mol. The zero-order chi connectivity index (χ0) is 26.5. The fourth-order valence-corrected chi connectivity index (χ4v) is 5.21. The van der Waals surface area contributed by atoms with Crippen molar-refractivity contribution < 1.29 is 19.0 Å². The highest BCUT2D eigenvalue weighted by atomic mass is 79.9. The van der Waals surface area contributed by atoms with Gasteiger partial charge in [-0.1, -0.05) is 35.2 Å². The number of methoxy groups -OCH3 is 1. The van der Waals surface area contributed by atoms with Crippen LogP contribution in [0.5, 0.6) is 11.5 Å². The highest BCUT2D eigenvalue weighted by molar-refractivity contribution is 9.10. The largest absolute Gasteiger partial charge is 0.493 e. The molecule has 0 spiro atoms. The molecule has 1 fully saturated rings. The molecule has 3 aromatic rings. The lowest BCUT2D eigenvalue weighted by Crippen LogP contribution is -2.26. The number of esters is 1. The minimum absolute atomic E-state index is 0.171. The van der Waals surface area contributed by atoms with E-state index in [1.165, 1.54) is 18.2 Å². The summed E-state index contributed by atoms with van der Waals surface area (Å²) in [5.41, 5.74) is 1.12. The highest BCUT2D eigenvalue weighted by Crippen LogP contribution is 2.34. The van der Waals surface area contributed by atoms with Gasteiger partial charge in [0.15, 0.2) is 17.6 Å². The van der Waals surface area contributed by atoms with Crippen LogP contribution in [0.2, 0.25) is 0 Å². The third-order valence-corrected chi connectivity index (χ3v) is 7.50. The first-order valence-corrected chi connectivity index (χ1v) is 13.9. The van der Waals surface area contributed by atoms with Gasteiger partial charge in [0.1, 0.15) is 5.82 Å². The summed E-state index contributed by atoms with van der Waals surface area (Å²) in [7, 11) is 1.52. The predicted octanol–water partition coefficient (Wildman–Crippen LogP) is 6.19. The molecule has 1 saturated carbocycles. The van der Waals surface area contributed by atoms with Crippen LogP contribution in [0.25, 0.3) is 10.9 Å². The smallest absolute Gasteiger partial charge is 0.347 e. The second-order valence-corrected chi connectivity index (χ2v) is 10.6. The van der Waals surface area contributed by atoms with E-state index in [0.717, 1.165) is 30.2 Å². The van der Waals surface area contributed by atoms with Gasteiger partial charge in [-0.05, 0) is 73.0 Å². The summed E-state index contributed by atoms with van der Waals surface area (Å²) in [6.07, 6.45) is 6.16. The van der Waals surface area contributed by atoms with E-state index >= 15 is 0 Å². The second-order valence-electron chi connectivity index (χ2n) is 8.86. The molecule has 8 nitrogen and oxygen atoms in total. The molecule has 0 saturated heterocycles. The van der Waals surface area contributed by atoms with Gasteiger partial charge < -0.3 is 14.2 Å². The molecular formula is C27H29Br2N3O5. The Morgan fingerprint density at radius 2 is 1.95 bits per heavy atom. The van der Waals surface area contributed by atoms with E-state index in [9.17, 15) is 9.59 Å². The Morgan fingerprint density at radius 3 is 2.65 bits per heavy atom. The molecule has 10 heteroatoms. The molecule has 1 aliphatic carbocycles. The Bertz CT molecular complexity index is 1380. The van der Waals surface area contributed by atoms with Crippen molar-refractivity contribution in [3.05, 3.63) is 61.0 Å². The first-order valence-electron chi connectivity index (χ1n) is 12.3. The predicted molar refractivity (Wildman–Crippen MR) is 150 cm³/mol. The summed E-state index contributed by atoms with van der Waals surface area (Å²) in [4.78, 5) is 30.4. The van der Waals surface area contributed by atoms with Crippen LogP contribution in [-0.2, 0) is 9.53 Å². The Kier molecular flexibility index (Phi) is 9.02. The molecule has 196 valence electrons. The topological polar surface area (TPSA) is 92.0 Å². The molecule has 1 aliphatic rings. The maximum atomic E-state index is 13.6. The van der Waals surface area contributed by atoms with Gasteiger partial charge in [-0.25, -0.2) is 9.78 Å². The van der Waals surface area contributed by atoms with Gasteiger partial charge >= 0.3 is 5.97 Å². The van der Waals surface area contributed by atoms with E-state index in [-0.39, 0.29) is 18.1 Å². The number of carbonyl (C=O) groups excluding carboxylic acids is 1. The standard InChI is InChI=1S/C27H29Br2N3O5/c1-4-36-27(34)16(2)37-24-14-21(29)18(12-23(24)35-3)15-30-32-25(17-8-6-5-7-9-17)31-22-11-10-19(28)13-20(22)26(32)33/h10-17H,4-9H2,1-3H3/t16-/m1/s1. The molecule has 0 N–H and O–H groups in total. The fourth-order valence-electron chi connectivity index (χ4n) is 4.42. The SMILES string of the molecule is CCOC(=O)[C@@H](C)Oc1cc(Br)c(C=Nn2c(C3CCCCC3)nc3ccc(Br)cc3c2=O)cc1OC. The van der Waals surface area contributed by atoms with Crippen LogP contribution in [0, 0.1) is 0 Å². The maximum Gasteiger partial charge on any atom is 0.347 e. The number of carbonyl (C=O) groups is 1. The molecule has 4 rings (SSSR count). The third kappa shape index (κ3) is 6.23. The Hall–Kier alpha value is -2.72. The highest BCUT2D eigenvalue weighted by Gasteiger charge is 2.23.